The van der Waals surface area contributed by atoms with Crippen molar-refractivity contribution >= 4 is 39.8 Å². The van der Waals surface area contributed by atoms with E-state index in [2.05, 4.69) is 15.9 Å². The molecule has 1 rings (SSSR count). The monoisotopic (exact) mass is 262 g/mol. The summed E-state index contributed by atoms with van der Waals surface area (Å²) in [5.74, 6) is -1.17. The number of aldehydes is 1. The molecule has 1 aromatic rings. The van der Waals surface area contributed by atoms with Gasteiger partial charge in [0.25, 0.3) is 0 Å². The number of hydrogen-bond acceptors (Lipinski definition) is 2. The Morgan fingerprint density at radius 3 is 2.62 bits per heavy atom. The zero-order valence-corrected chi connectivity index (χ0v) is 8.59. The highest BCUT2D eigenvalue weighted by molar-refractivity contribution is 9.10. The molecule has 0 spiro atoms. The highest BCUT2D eigenvalue weighted by atomic mass is 79.9. The molecule has 13 heavy (non-hydrogen) atoms. The van der Waals surface area contributed by atoms with Crippen LogP contribution < -0.4 is 0 Å². The fourth-order valence-electron chi connectivity index (χ4n) is 0.856. The average molecular weight is 263 g/mol. The minimum atomic E-state index is -1.17. The van der Waals surface area contributed by atoms with E-state index in [-0.39, 0.29) is 20.6 Å². The average Bonchev–Trinajstić information content (AvgIpc) is 2.04. The number of carboxylic acids is 1. The van der Waals surface area contributed by atoms with Crippen LogP contribution in [0.5, 0.6) is 0 Å². The number of carbonyl (C=O) groups is 2. The van der Waals surface area contributed by atoms with Gasteiger partial charge in [0.1, 0.15) is 0 Å². The topological polar surface area (TPSA) is 54.4 Å². The number of rotatable bonds is 2. The van der Waals surface area contributed by atoms with Gasteiger partial charge in [0.2, 0.25) is 0 Å². The standard InChI is InChI=1S/C8H4BrClO3/c9-7-4(3-11)1-2-5(10)6(7)8(12)13/h1-3H,(H,12,13). The van der Waals surface area contributed by atoms with E-state index in [1.54, 1.807) is 0 Å². The second-order valence-electron chi connectivity index (χ2n) is 2.25. The highest BCUT2D eigenvalue weighted by Gasteiger charge is 2.15. The summed E-state index contributed by atoms with van der Waals surface area (Å²) in [4.78, 5) is 21.1. The molecular formula is C8H4BrClO3. The Kier molecular flexibility index (Phi) is 3.06. The molecule has 0 atom stereocenters. The van der Waals surface area contributed by atoms with Crippen molar-refractivity contribution in [2.45, 2.75) is 0 Å². The van der Waals surface area contributed by atoms with E-state index in [4.69, 9.17) is 16.7 Å². The molecule has 0 unspecified atom stereocenters. The zero-order valence-electron chi connectivity index (χ0n) is 6.25. The maximum atomic E-state index is 10.7. The molecule has 0 amide bonds. The molecule has 0 saturated heterocycles. The van der Waals surface area contributed by atoms with Gasteiger partial charge in [0.05, 0.1) is 10.6 Å². The van der Waals surface area contributed by atoms with Crippen molar-refractivity contribution in [3.05, 3.63) is 32.8 Å². The summed E-state index contributed by atoms with van der Waals surface area (Å²) in [6.07, 6.45) is 0.562. The number of halogens is 2. The molecular weight excluding hydrogens is 259 g/mol. The summed E-state index contributed by atoms with van der Waals surface area (Å²) in [6.45, 7) is 0. The van der Waals surface area contributed by atoms with Gasteiger partial charge in [-0.05, 0) is 28.1 Å². The van der Waals surface area contributed by atoms with E-state index >= 15 is 0 Å². The van der Waals surface area contributed by atoms with Crippen molar-refractivity contribution in [2.75, 3.05) is 0 Å². The number of benzene rings is 1. The molecule has 0 saturated carbocycles. The lowest BCUT2D eigenvalue weighted by Gasteiger charge is -2.03. The van der Waals surface area contributed by atoms with Gasteiger partial charge in [-0.1, -0.05) is 11.6 Å². The molecule has 0 aliphatic heterocycles. The van der Waals surface area contributed by atoms with Crippen molar-refractivity contribution in [1.29, 1.82) is 0 Å². The van der Waals surface area contributed by atoms with Crippen molar-refractivity contribution < 1.29 is 14.7 Å². The summed E-state index contributed by atoms with van der Waals surface area (Å²) in [7, 11) is 0. The van der Waals surface area contributed by atoms with Crippen molar-refractivity contribution in [1.82, 2.24) is 0 Å². The molecule has 68 valence electrons. The molecule has 0 aromatic heterocycles. The molecule has 1 N–H and O–H groups in total. The van der Waals surface area contributed by atoms with E-state index in [0.717, 1.165) is 0 Å². The van der Waals surface area contributed by atoms with Gasteiger partial charge in [-0.2, -0.15) is 0 Å². The lowest BCUT2D eigenvalue weighted by atomic mass is 10.1. The van der Waals surface area contributed by atoms with Gasteiger partial charge < -0.3 is 5.11 Å². The maximum absolute atomic E-state index is 10.7. The molecule has 1 aromatic carbocycles. The van der Waals surface area contributed by atoms with Gasteiger partial charge in [-0.3, -0.25) is 4.79 Å². The van der Waals surface area contributed by atoms with E-state index in [0.29, 0.717) is 6.29 Å². The summed E-state index contributed by atoms with van der Waals surface area (Å²) >= 11 is 8.62. The Bertz CT molecular complexity index is 376. The Morgan fingerprint density at radius 1 is 1.54 bits per heavy atom. The molecule has 3 nitrogen and oxygen atoms in total. The van der Waals surface area contributed by atoms with Gasteiger partial charge >= 0.3 is 5.97 Å². The van der Waals surface area contributed by atoms with Crippen molar-refractivity contribution in [3.8, 4) is 0 Å². The first-order valence-electron chi connectivity index (χ1n) is 3.24. The van der Waals surface area contributed by atoms with Gasteiger partial charge in [-0.25, -0.2) is 4.79 Å². The molecule has 0 aliphatic rings. The third-order valence-electron chi connectivity index (χ3n) is 1.46. The van der Waals surface area contributed by atoms with Crippen LogP contribution in [-0.2, 0) is 0 Å². The number of aromatic carboxylic acids is 1. The fourth-order valence-corrected chi connectivity index (χ4v) is 1.82. The molecule has 0 aliphatic carbocycles. The SMILES string of the molecule is O=Cc1ccc(Cl)c(C(=O)O)c1Br. The summed E-state index contributed by atoms with van der Waals surface area (Å²) in [6, 6.07) is 2.82. The molecule has 0 radical (unpaired) electrons. The van der Waals surface area contributed by atoms with E-state index in [9.17, 15) is 9.59 Å². The molecule has 0 heterocycles. The van der Waals surface area contributed by atoms with Crippen molar-refractivity contribution in [3.63, 3.8) is 0 Å². The third kappa shape index (κ3) is 1.89. The van der Waals surface area contributed by atoms with Crippen LogP contribution in [0.1, 0.15) is 20.7 Å². The van der Waals surface area contributed by atoms with Crippen LogP contribution in [0, 0.1) is 0 Å². The van der Waals surface area contributed by atoms with Gasteiger partial charge in [0.15, 0.2) is 6.29 Å². The quantitative estimate of drug-likeness (QED) is 0.835. The van der Waals surface area contributed by atoms with Crippen LogP contribution in [0.2, 0.25) is 5.02 Å². The summed E-state index contributed by atoms with van der Waals surface area (Å²) in [5.41, 5.74) is 0.174. The minimum absolute atomic E-state index is 0.0914. The number of carboxylic acid groups (broad SMARTS) is 1. The number of hydrogen-bond donors (Lipinski definition) is 1. The summed E-state index contributed by atoms with van der Waals surface area (Å²) < 4.78 is 0.211. The van der Waals surface area contributed by atoms with Crippen molar-refractivity contribution in [2.24, 2.45) is 0 Å². The maximum Gasteiger partial charge on any atom is 0.338 e. The van der Waals surface area contributed by atoms with Crippen LogP contribution in [0.3, 0.4) is 0 Å². The Hall–Kier alpha value is -0.870. The number of carbonyl (C=O) groups excluding carboxylic acids is 1. The lowest BCUT2D eigenvalue weighted by molar-refractivity contribution is 0.0696. The first-order chi connectivity index (χ1) is 6.07. The second kappa shape index (κ2) is 3.89. The van der Waals surface area contributed by atoms with Crippen LogP contribution in [0.4, 0.5) is 0 Å². The molecule has 0 fully saturated rings. The fraction of sp³-hybridized carbons (Fsp3) is 0. The van der Waals surface area contributed by atoms with Gasteiger partial charge in [0, 0.05) is 10.0 Å². The van der Waals surface area contributed by atoms with Crippen LogP contribution >= 0.6 is 27.5 Å². The van der Waals surface area contributed by atoms with Gasteiger partial charge in [-0.15, -0.1) is 0 Å². The first-order valence-corrected chi connectivity index (χ1v) is 4.41. The highest BCUT2D eigenvalue weighted by Crippen LogP contribution is 2.27. The second-order valence-corrected chi connectivity index (χ2v) is 3.45. The Morgan fingerprint density at radius 2 is 2.15 bits per heavy atom. The first kappa shape index (κ1) is 10.2. The van der Waals surface area contributed by atoms with Crippen LogP contribution in [0.25, 0.3) is 0 Å². The Balaban J connectivity index is 3.47. The smallest absolute Gasteiger partial charge is 0.338 e. The van der Waals surface area contributed by atoms with E-state index in [1.165, 1.54) is 12.1 Å². The largest absolute Gasteiger partial charge is 0.478 e. The zero-order chi connectivity index (χ0) is 10.0. The normalized spacial score (nSPS) is 9.69. The predicted molar refractivity (Wildman–Crippen MR) is 51.5 cm³/mol. The van der Waals surface area contributed by atoms with E-state index < -0.39 is 5.97 Å². The lowest BCUT2D eigenvalue weighted by Crippen LogP contribution is -2.01. The third-order valence-corrected chi connectivity index (χ3v) is 2.63. The molecule has 0 bridgehead atoms. The molecule has 5 heteroatoms. The van der Waals surface area contributed by atoms with E-state index in [1.807, 2.05) is 0 Å². The van der Waals surface area contributed by atoms with Crippen LogP contribution in [0.15, 0.2) is 16.6 Å². The Labute approximate surface area is 87.4 Å². The summed E-state index contributed by atoms with van der Waals surface area (Å²) in [5, 5.41) is 8.84. The predicted octanol–water partition coefficient (Wildman–Crippen LogP) is 2.61. The minimum Gasteiger partial charge on any atom is -0.478 e. The van der Waals surface area contributed by atoms with Crippen LogP contribution in [-0.4, -0.2) is 17.4 Å².